The average molecular weight is 298 g/mol. The molecular weight excluding hydrogens is 268 g/mol. The first-order chi connectivity index (χ1) is 9.29. The predicted octanol–water partition coefficient (Wildman–Crippen LogP) is 4.18. The van der Waals surface area contributed by atoms with Gasteiger partial charge in [0.15, 0.2) is 0 Å². The Bertz CT molecular complexity index is 407. The van der Waals surface area contributed by atoms with Gasteiger partial charge in [0.05, 0.1) is 5.69 Å². The second-order valence-electron chi connectivity index (χ2n) is 6.75. The first kappa shape index (κ1) is 17.6. The van der Waals surface area contributed by atoms with Crippen LogP contribution in [0.25, 0.3) is 0 Å². The molecule has 0 aliphatic carbocycles. The Balaban J connectivity index is 3.09. The molecule has 1 unspecified atom stereocenters. The Labute approximate surface area is 128 Å². The van der Waals surface area contributed by atoms with Crippen molar-refractivity contribution >= 4 is 11.3 Å². The number of ether oxygens (including phenoxy) is 1. The summed E-state index contributed by atoms with van der Waals surface area (Å²) in [5.74, 6) is 0.626. The van der Waals surface area contributed by atoms with Crippen molar-refractivity contribution in [1.82, 2.24) is 10.3 Å². The summed E-state index contributed by atoms with van der Waals surface area (Å²) in [7, 11) is 1.99. The molecule has 0 saturated carbocycles. The van der Waals surface area contributed by atoms with Crippen LogP contribution in [0, 0.1) is 11.3 Å². The number of hydrogen-bond acceptors (Lipinski definition) is 4. The van der Waals surface area contributed by atoms with Gasteiger partial charge in [-0.1, -0.05) is 34.6 Å². The van der Waals surface area contributed by atoms with Crippen LogP contribution in [0.1, 0.15) is 63.2 Å². The molecule has 0 aliphatic rings. The van der Waals surface area contributed by atoms with E-state index in [9.17, 15) is 0 Å². The minimum atomic E-state index is 0.0693. The van der Waals surface area contributed by atoms with E-state index in [-0.39, 0.29) is 11.5 Å². The van der Waals surface area contributed by atoms with Crippen LogP contribution in [-0.4, -0.2) is 18.6 Å². The average Bonchev–Trinajstić information content (AvgIpc) is 2.67. The normalized spacial score (nSPS) is 14.0. The maximum absolute atomic E-state index is 5.97. The molecule has 20 heavy (non-hydrogen) atoms. The minimum absolute atomic E-state index is 0.0693. The molecule has 0 aliphatic heterocycles. The molecule has 1 heterocycles. The second kappa shape index (κ2) is 7.53. The van der Waals surface area contributed by atoms with Gasteiger partial charge >= 0.3 is 0 Å². The molecular formula is C16H30N2OS. The van der Waals surface area contributed by atoms with Crippen molar-refractivity contribution in [3.63, 3.8) is 0 Å². The molecule has 1 rings (SSSR count). The van der Waals surface area contributed by atoms with Crippen molar-refractivity contribution in [2.75, 3.05) is 13.7 Å². The van der Waals surface area contributed by atoms with Crippen LogP contribution in [0.3, 0.4) is 0 Å². The van der Waals surface area contributed by atoms with E-state index < -0.39 is 0 Å². The fraction of sp³-hybridized carbons (Fsp3) is 0.812. The number of nitrogens with one attached hydrogen (secondary N) is 1. The number of rotatable bonds is 7. The molecule has 4 heteroatoms. The largest absolute Gasteiger partial charge is 0.371 e. The van der Waals surface area contributed by atoms with Crippen LogP contribution in [0.5, 0.6) is 0 Å². The van der Waals surface area contributed by atoms with Gasteiger partial charge in [-0.05, 0) is 31.7 Å². The standard InChI is InChI=1S/C16H30N2OS/c1-8-19-14(16(4,5)6)15-18-12(9-11(2)3)13(20-15)10-17-7/h11,14,17H,8-10H2,1-7H3. The highest BCUT2D eigenvalue weighted by molar-refractivity contribution is 7.11. The fourth-order valence-corrected chi connectivity index (χ4v) is 3.62. The third-order valence-corrected chi connectivity index (χ3v) is 4.22. The maximum atomic E-state index is 5.97. The van der Waals surface area contributed by atoms with Gasteiger partial charge in [-0.2, -0.15) is 0 Å². The minimum Gasteiger partial charge on any atom is -0.371 e. The Morgan fingerprint density at radius 3 is 2.40 bits per heavy atom. The summed E-state index contributed by atoms with van der Waals surface area (Å²) in [6.07, 6.45) is 1.12. The van der Waals surface area contributed by atoms with E-state index in [2.05, 4.69) is 46.9 Å². The Kier molecular flexibility index (Phi) is 6.62. The van der Waals surface area contributed by atoms with Crippen molar-refractivity contribution < 1.29 is 4.74 Å². The topological polar surface area (TPSA) is 34.1 Å². The highest BCUT2D eigenvalue weighted by Gasteiger charge is 2.30. The summed E-state index contributed by atoms with van der Waals surface area (Å²) in [6.45, 7) is 14.8. The second-order valence-corrected chi connectivity index (χ2v) is 7.87. The molecule has 0 saturated heterocycles. The maximum Gasteiger partial charge on any atom is 0.123 e. The van der Waals surface area contributed by atoms with Gasteiger partial charge in [-0.15, -0.1) is 11.3 Å². The lowest BCUT2D eigenvalue weighted by molar-refractivity contribution is -0.0134. The Morgan fingerprint density at radius 1 is 1.30 bits per heavy atom. The van der Waals surface area contributed by atoms with Gasteiger partial charge in [0.1, 0.15) is 11.1 Å². The van der Waals surface area contributed by atoms with Crippen molar-refractivity contribution in [2.24, 2.45) is 11.3 Å². The van der Waals surface area contributed by atoms with E-state index in [0.29, 0.717) is 5.92 Å². The van der Waals surface area contributed by atoms with E-state index in [1.165, 1.54) is 10.6 Å². The van der Waals surface area contributed by atoms with Crippen molar-refractivity contribution in [2.45, 2.75) is 60.6 Å². The van der Waals surface area contributed by atoms with Gasteiger partial charge in [-0.3, -0.25) is 0 Å². The van der Waals surface area contributed by atoms with Crippen LogP contribution >= 0.6 is 11.3 Å². The molecule has 0 spiro atoms. The summed E-state index contributed by atoms with van der Waals surface area (Å²) in [6, 6.07) is 0. The lowest BCUT2D eigenvalue weighted by Gasteiger charge is -2.28. The quantitative estimate of drug-likeness (QED) is 0.820. The third kappa shape index (κ3) is 4.83. The van der Waals surface area contributed by atoms with Gasteiger partial charge in [0.2, 0.25) is 0 Å². The number of nitrogens with zero attached hydrogens (tertiary/aromatic N) is 1. The first-order valence-corrected chi connectivity index (χ1v) is 8.35. The van der Waals surface area contributed by atoms with Crippen molar-refractivity contribution in [3.8, 4) is 0 Å². The molecule has 1 N–H and O–H groups in total. The van der Waals surface area contributed by atoms with Crippen LogP contribution in [0.4, 0.5) is 0 Å². The zero-order valence-electron chi connectivity index (χ0n) is 14.0. The first-order valence-electron chi connectivity index (χ1n) is 7.54. The molecule has 116 valence electrons. The van der Waals surface area contributed by atoms with E-state index in [1.807, 2.05) is 7.05 Å². The monoisotopic (exact) mass is 298 g/mol. The highest BCUT2D eigenvalue weighted by Crippen LogP contribution is 2.39. The fourth-order valence-electron chi connectivity index (χ4n) is 2.22. The summed E-state index contributed by atoms with van der Waals surface area (Å²) in [5.41, 5.74) is 1.31. The molecule has 0 radical (unpaired) electrons. The molecule has 0 bridgehead atoms. The van der Waals surface area contributed by atoms with Crippen LogP contribution < -0.4 is 5.32 Å². The van der Waals surface area contributed by atoms with Gasteiger partial charge < -0.3 is 10.1 Å². The Morgan fingerprint density at radius 2 is 1.95 bits per heavy atom. The van der Waals surface area contributed by atoms with E-state index in [0.717, 1.165) is 24.6 Å². The van der Waals surface area contributed by atoms with Gasteiger partial charge in [0.25, 0.3) is 0 Å². The summed E-state index contributed by atoms with van der Waals surface area (Å²) < 4.78 is 5.97. The van der Waals surface area contributed by atoms with E-state index in [1.54, 1.807) is 11.3 Å². The SMILES string of the molecule is CCOC(c1nc(CC(C)C)c(CNC)s1)C(C)(C)C. The lowest BCUT2D eigenvalue weighted by atomic mass is 9.89. The van der Waals surface area contributed by atoms with E-state index >= 15 is 0 Å². The highest BCUT2D eigenvalue weighted by atomic mass is 32.1. The van der Waals surface area contributed by atoms with Crippen LogP contribution in [0.2, 0.25) is 0 Å². The molecule has 3 nitrogen and oxygen atoms in total. The third-order valence-electron chi connectivity index (χ3n) is 3.08. The van der Waals surface area contributed by atoms with Crippen molar-refractivity contribution in [1.29, 1.82) is 0 Å². The molecule has 0 amide bonds. The number of aromatic nitrogens is 1. The molecule has 0 aromatic carbocycles. The van der Waals surface area contributed by atoms with E-state index in [4.69, 9.17) is 9.72 Å². The smallest absolute Gasteiger partial charge is 0.123 e. The molecule has 1 atom stereocenters. The summed E-state index contributed by atoms with van der Waals surface area (Å²) >= 11 is 1.80. The zero-order chi connectivity index (χ0) is 15.3. The lowest BCUT2D eigenvalue weighted by Crippen LogP contribution is -2.21. The molecule has 1 aromatic rings. The zero-order valence-corrected chi connectivity index (χ0v) is 14.9. The summed E-state index contributed by atoms with van der Waals surface area (Å²) in [4.78, 5) is 6.26. The molecule has 1 aromatic heterocycles. The van der Waals surface area contributed by atoms with Gasteiger partial charge in [-0.25, -0.2) is 4.98 Å². The van der Waals surface area contributed by atoms with Crippen LogP contribution in [0.15, 0.2) is 0 Å². The predicted molar refractivity (Wildman–Crippen MR) is 87.2 cm³/mol. The number of hydrogen-bond donors (Lipinski definition) is 1. The number of thiazole rings is 1. The van der Waals surface area contributed by atoms with Gasteiger partial charge in [0, 0.05) is 18.0 Å². The molecule has 0 fully saturated rings. The Hall–Kier alpha value is -0.450. The van der Waals surface area contributed by atoms with Crippen molar-refractivity contribution in [3.05, 3.63) is 15.6 Å². The summed E-state index contributed by atoms with van der Waals surface area (Å²) in [5, 5.41) is 4.38. The van der Waals surface area contributed by atoms with Crippen LogP contribution in [-0.2, 0) is 17.7 Å².